The number of hydrogen-bond acceptors (Lipinski definition) is 4. The van der Waals surface area contributed by atoms with E-state index in [-0.39, 0.29) is 34.7 Å². The molecule has 1 N–H and O–H groups in total. The molecule has 32 heavy (non-hydrogen) atoms. The number of halogens is 2. The van der Waals surface area contributed by atoms with Gasteiger partial charge in [0.05, 0.1) is 15.5 Å². The van der Waals surface area contributed by atoms with Crippen molar-refractivity contribution in [3.05, 3.63) is 63.1 Å². The first-order valence-corrected chi connectivity index (χ1v) is 12.4. The zero-order chi connectivity index (χ0) is 23.5. The van der Waals surface area contributed by atoms with Crippen molar-refractivity contribution in [2.24, 2.45) is 0 Å². The number of carbonyl (C=O) groups is 2. The summed E-state index contributed by atoms with van der Waals surface area (Å²) in [5.41, 5.74) is 2.27. The predicted molar refractivity (Wildman–Crippen MR) is 125 cm³/mol. The molecule has 1 heterocycles. The minimum absolute atomic E-state index is 0.00756. The second-order valence-corrected chi connectivity index (χ2v) is 10.3. The van der Waals surface area contributed by atoms with Crippen molar-refractivity contribution < 1.29 is 18.0 Å². The Morgan fingerprint density at radius 3 is 2.22 bits per heavy atom. The van der Waals surface area contributed by atoms with Gasteiger partial charge in [-0.1, -0.05) is 29.3 Å². The zero-order valence-electron chi connectivity index (χ0n) is 17.9. The summed E-state index contributed by atoms with van der Waals surface area (Å²) in [5, 5.41) is 0.743. The van der Waals surface area contributed by atoms with Gasteiger partial charge in [0, 0.05) is 44.2 Å². The third-order valence-corrected chi connectivity index (χ3v) is 7.51. The molecule has 10 heteroatoms. The number of benzene rings is 2. The fourth-order valence-corrected chi connectivity index (χ4v) is 5.01. The van der Waals surface area contributed by atoms with Crippen LogP contribution in [0, 0.1) is 13.8 Å². The second-order valence-electron chi connectivity index (χ2n) is 7.69. The summed E-state index contributed by atoms with van der Waals surface area (Å²) in [6.07, 6.45) is 0.0427. The number of rotatable bonds is 6. The van der Waals surface area contributed by atoms with Gasteiger partial charge < -0.3 is 9.80 Å². The highest BCUT2D eigenvalue weighted by atomic mass is 35.5. The summed E-state index contributed by atoms with van der Waals surface area (Å²) in [6.45, 7) is 5.27. The smallest absolute Gasteiger partial charge is 0.255 e. The fraction of sp³-hybridized carbons (Fsp3) is 0.364. The van der Waals surface area contributed by atoms with Gasteiger partial charge >= 0.3 is 0 Å². The second kappa shape index (κ2) is 10.2. The van der Waals surface area contributed by atoms with E-state index in [0.717, 1.165) is 11.1 Å². The maximum Gasteiger partial charge on any atom is 0.255 e. The van der Waals surface area contributed by atoms with Gasteiger partial charge in [-0.05, 0) is 55.3 Å². The number of piperazine rings is 1. The van der Waals surface area contributed by atoms with Crippen LogP contribution in [-0.2, 0) is 14.8 Å². The van der Waals surface area contributed by atoms with Crippen molar-refractivity contribution in [2.45, 2.75) is 25.2 Å². The molecular formula is C22H25Cl2N3O4S. The first kappa shape index (κ1) is 24.5. The lowest BCUT2D eigenvalue weighted by Crippen LogP contribution is -2.51. The van der Waals surface area contributed by atoms with E-state index < -0.39 is 10.0 Å². The Hall–Kier alpha value is -2.13. The van der Waals surface area contributed by atoms with Gasteiger partial charge in [-0.15, -0.1) is 0 Å². The molecule has 2 amide bonds. The normalized spacial score (nSPS) is 14.5. The summed E-state index contributed by atoms with van der Waals surface area (Å²) in [4.78, 5) is 28.7. The number of aryl methyl sites for hydroxylation is 2. The minimum Gasteiger partial charge on any atom is -0.339 e. The van der Waals surface area contributed by atoms with Crippen LogP contribution in [0.15, 0.2) is 41.3 Å². The molecule has 1 fully saturated rings. The zero-order valence-corrected chi connectivity index (χ0v) is 20.2. The molecule has 3 rings (SSSR count). The highest BCUT2D eigenvalue weighted by Gasteiger charge is 2.26. The maximum atomic E-state index is 12.7. The molecule has 2 aromatic carbocycles. The molecule has 1 aliphatic heterocycles. The van der Waals surface area contributed by atoms with Crippen LogP contribution in [0.3, 0.4) is 0 Å². The van der Waals surface area contributed by atoms with Crippen LogP contribution in [-0.4, -0.2) is 62.8 Å². The largest absolute Gasteiger partial charge is 0.339 e. The van der Waals surface area contributed by atoms with E-state index in [1.54, 1.807) is 40.1 Å². The summed E-state index contributed by atoms with van der Waals surface area (Å²) in [7, 11) is -3.68. The Balaban J connectivity index is 1.49. The van der Waals surface area contributed by atoms with Crippen molar-refractivity contribution in [3.8, 4) is 0 Å². The first-order valence-electron chi connectivity index (χ1n) is 10.2. The van der Waals surface area contributed by atoms with Crippen LogP contribution < -0.4 is 4.72 Å². The van der Waals surface area contributed by atoms with Crippen LogP contribution in [0.5, 0.6) is 0 Å². The van der Waals surface area contributed by atoms with Crippen LogP contribution in [0.25, 0.3) is 0 Å². The fourth-order valence-electron chi connectivity index (χ4n) is 3.41. The van der Waals surface area contributed by atoms with Crippen molar-refractivity contribution >= 4 is 45.0 Å². The Labute approximate surface area is 198 Å². The quantitative estimate of drug-likeness (QED) is 0.663. The van der Waals surface area contributed by atoms with E-state index in [1.165, 1.54) is 6.07 Å². The average Bonchev–Trinajstić information content (AvgIpc) is 2.75. The summed E-state index contributed by atoms with van der Waals surface area (Å²) in [6, 6.07) is 9.64. The summed E-state index contributed by atoms with van der Waals surface area (Å²) >= 11 is 12.0. The Morgan fingerprint density at radius 1 is 0.938 bits per heavy atom. The molecule has 0 aromatic heterocycles. The molecule has 7 nitrogen and oxygen atoms in total. The number of carbonyl (C=O) groups excluding carboxylic acids is 2. The topological polar surface area (TPSA) is 86.8 Å². The van der Waals surface area contributed by atoms with E-state index >= 15 is 0 Å². The predicted octanol–water partition coefficient (Wildman–Crippen LogP) is 3.26. The van der Waals surface area contributed by atoms with Gasteiger partial charge in [-0.2, -0.15) is 0 Å². The van der Waals surface area contributed by atoms with Crippen LogP contribution >= 0.6 is 23.2 Å². The van der Waals surface area contributed by atoms with Gasteiger partial charge in [0.15, 0.2) is 0 Å². The maximum absolute atomic E-state index is 12.7. The van der Waals surface area contributed by atoms with Crippen molar-refractivity contribution in [2.75, 3.05) is 32.7 Å². The van der Waals surface area contributed by atoms with Crippen molar-refractivity contribution in [1.29, 1.82) is 0 Å². The van der Waals surface area contributed by atoms with E-state index in [0.29, 0.717) is 36.8 Å². The van der Waals surface area contributed by atoms with E-state index in [2.05, 4.69) is 4.72 Å². The van der Waals surface area contributed by atoms with E-state index in [4.69, 9.17) is 23.2 Å². The number of sulfonamides is 1. The standard InChI is InChI=1S/C22H25Cl2N3O4S/c1-15-3-5-18(13-16(15)2)32(30,31)25-8-7-21(28)26-9-11-27(12-10-26)22(29)19-6-4-17(23)14-20(19)24/h3-6,13-14,25H,7-12H2,1-2H3. The Kier molecular flexibility index (Phi) is 7.82. The van der Waals surface area contributed by atoms with Crippen LogP contribution in [0.2, 0.25) is 10.0 Å². The van der Waals surface area contributed by atoms with E-state index in [1.807, 2.05) is 13.8 Å². The molecule has 0 saturated carbocycles. The SMILES string of the molecule is Cc1ccc(S(=O)(=O)NCCC(=O)N2CCN(C(=O)c3ccc(Cl)cc3Cl)CC2)cc1C. The van der Waals surface area contributed by atoms with Gasteiger partial charge in [-0.25, -0.2) is 13.1 Å². The molecule has 0 radical (unpaired) electrons. The van der Waals surface area contributed by atoms with Gasteiger partial charge in [0.2, 0.25) is 15.9 Å². The molecule has 0 aliphatic carbocycles. The molecule has 172 valence electrons. The minimum atomic E-state index is -3.68. The van der Waals surface area contributed by atoms with Crippen molar-refractivity contribution in [3.63, 3.8) is 0 Å². The lowest BCUT2D eigenvalue weighted by atomic mass is 10.1. The molecule has 1 saturated heterocycles. The number of hydrogen-bond donors (Lipinski definition) is 1. The lowest BCUT2D eigenvalue weighted by Gasteiger charge is -2.35. The highest BCUT2D eigenvalue weighted by Crippen LogP contribution is 2.23. The molecule has 0 unspecified atom stereocenters. The van der Waals surface area contributed by atoms with Crippen molar-refractivity contribution in [1.82, 2.24) is 14.5 Å². The molecule has 2 aromatic rings. The van der Waals surface area contributed by atoms with Crippen LogP contribution in [0.4, 0.5) is 0 Å². The molecule has 0 spiro atoms. The lowest BCUT2D eigenvalue weighted by molar-refractivity contribution is -0.132. The number of nitrogens with zero attached hydrogens (tertiary/aromatic N) is 2. The van der Waals surface area contributed by atoms with E-state index in [9.17, 15) is 18.0 Å². The number of amides is 2. The molecular weight excluding hydrogens is 473 g/mol. The van der Waals surface area contributed by atoms with Crippen LogP contribution in [0.1, 0.15) is 27.9 Å². The molecule has 0 atom stereocenters. The third kappa shape index (κ3) is 5.81. The van der Waals surface area contributed by atoms with Gasteiger partial charge in [-0.3, -0.25) is 9.59 Å². The summed E-state index contributed by atoms with van der Waals surface area (Å²) < 4.78 is 27.4. The number of nitrogens with one attached hydrogen (secondary N) is 1. The van der Waals surface area contributed by atoms with Gasteiger partial charge in [0.1, 0.15) is 0 Å². The summed E-state index contributed by atoms with van der Waals surface area (Å²) in [5.74, 6) is -0.371. The first-order chi connectivity index (χ1) is 15.1. The Morgan fingerprint density at radius 2 is 1.59 bits per heavy atom. The highest BCUT2D eigenvalue weighted by molar-refractivity contribution is 7.89. The molecule has 0 bridgehead atoms. The third-order valence-electron chi connectivity index (χ3n) is 5.50. The van der Waals surface area contributed by atoms with Gasteiger partial charge in [0.25, 0.3) is 5.91 Å². The molecule has 1 aliphatic rings. The average molecular weight is 498 g/mol. The monoisotopic (exact) mass is 497 g/mol. The Bertz CT molecular complexity index is 1130.